The van der Waals surface area contributed by atoms with Crippen molar-refractivity contribution in [1.82, 2.24) is 0 Å². The predicted octanol–water partition coefficient (Wildman–Crippen LogP) is 1.73. The van der Waals surface area contributed by atoms with Crippen LogP contribution < -0.4 is 5.73 Å². The fourth-order valence-electron chi connectivity index (χ4n) is 1.23. The third kappa shape index (κ3) is 4.39. The van der Waals surface area contributed by atoms with Crippen molar-refractivity contribution in [1.29, 1.82) is 0 Å². The Balaban J connectivity index is 3.58. The first-order chi connectivity index (χ1) is 5.68. The number of unbranched alkanes of at least 4 members (excludes halogenated alkanes) is 1. The van der Waals surface area contributed by atoms with Gasteiger partial charge in [0, 0.05) is 6.42 Å². The second-order valence-corrected chi connectivity index (χ2v) is 3.55. The zero-order chi connectivity index (χ0) is 9.45. The Kier molecular flexibility index (Phi) is 5.81. The number of rotatable bonds is 6. The lowest BCUT2D eigenvalue weighted by molar-refractivity contribution is -0.906. The zero-order valence-electron chi connectivity index (χ0n) is 8.71. The molecule has 0 aliphatic rings. The Bertz CT molecular complexity index is 126. The third-order valence-electron chi connectivity index (χ3n) is 2.73. The summed E-state index contributed by atoms with van der Waals surface area (Å²) in [5.41, 5.74) is 5.26. The van der Waals surface area contributed by atoms with Gasteiger partial charge in [0.05, 0.1) is 26.7 Å². The number of nitrogens with zero attached hydrogens (tertiary/aromatic N) is 1. The van der Waals surface area contributed by atoms with Crippen LogP contribution >= 0.6 is 0 Å². The molecule has 0 aromatic heterocycles. The van der Waals surface area contributed by atoms with Gasteiger partial charge in [0.2, 0.25) is 0 Å². The van der Waals surface area contributed by atoms with Gasteiger partial charge >= 0.3 is 0 Å². The van der Waals surface area contributed by atoms with Crippen LogP contribution in [0.25, 0.3) is 0 Å². The van der Waals surface area contributed by atoms with Crippen molar-refractivity contribution in [3.8, 4) is 0 Å². The molecule has 0 aromatic carbocycles. The van der Waals surface area contributed by atoms with E-state index in [1.165, 1.54) is 30.5 Å². The Labute approximate surface area is 76.6 Å². The first kappa shape index (κ1) is 11.5. The van der Waals surface area contributed by atoms with Gasteiger partial charge in [-0.1, -0.05) is 6.08 Å². The molecule has 2 heteroatoms. The van der Waals surface area contributed by atoms with Crippen LogP contribution in [0.4, 0.5) is 0 Å². The lowest BCUT2D eigenvalue weighted by atomic mass is 10.2. The maximum absolute atomic E-state index is 5.26. The van der Waals surface area contributed by atoms with Gasteiger partial charge in [-0.2, -0.15) is 0 Å². The van der Waals surface area contributed by atoms with Gasteiger partial charge in [0.15, 0.2) is 0 Å². The zero-order valence-corrected chi connectivity index (χ0v) is 8.71. The molecule has 72 valence electrons. The van der Waals surface area contributed by atoms with Crippen molar-refractivity contribution < 1.29 is 4.48 Å². The molecular weight excluding hydrogens is 148 g/mol. The number of allylic oxidation sites excluding steroid dienone is 1. The Morgan fingerprint density at radius 1 is 1.25 bits per heavy atom. The molecule has 0 rings (SSSR count). The minimum atomic E-state index is 1.12. The van der Waals surface area contributed by atoms with Gasteiger partial charge in [0.25, 0.3) is 0 Å². The largest absolute Gasteiger partial charge is 0.405 e. The van der Waals surface area contributed by atoms with Crippen LogP contribution in [0.5, 0.6) is 0 Å². The van der Waals surface area contributed by atoms with Crippen molar-refractivity contribution in [3.63, 3.8) is 0 Å². The van der Waals surface area contributed by atoms with Crippen molar-refractivity contribution in [2.75, 3.05) is 26.7 Å². The maximum Gasteiger partial charge on any atom is 0.0787 e. The molecule has 0 unspecified atom stereocenters. The second-order valence-electron chi connectivity index (χ2n) is 3.55. The fraction of sp³-hybridized carbons (Fsp3) is 0.800. The summed E-state index contributed by atoms with van der Waals surface area (Å²) in [6.45, 7) is 8.22. The highest BCUT2D eigenvalue weighted by Gasteiger charge is 2.14. The SMILES string of the molecule is CC[N+](C)(CC)CCCC=CN. The van der Waals surface area contributed by atoms with Gasteiger partial charge in [-0.25, -0.2) is 0 Å². The van der Waals surface area contributed by atoms with E-state index in [4.69, 9.17) is 5.73 Å². The van der Waals surface area contributed by atoms with Crippen LogP contribution in [0.3, 0.4) is 0 Å². The van der Waals surface area contributed by atoms with Crippen LogP contribution in [-0.4, -0.2) is 31.2 Å². The summed E-state index contributed by atoms with van der Waals surface area (Å²) in [7, 11) is 2.31. The average molecular weight is 171 g/mol. The van der Waals surface area contributed by atoms with E-state index in [1.807, 2.05) is 6.08 Å². The molecule has 0 aliphatic carbocycles. The quantitative estimate of drug-likeness (QED) is 0.478. The molecule has 0 amide bonds. The molecule has 12 heavy (non-hydrogen) atoms. The van der Waals surface area contributed by atoms with Crippen molar-refractivity contribution in [3.05, 3.63) is 12.3 Å². The molecule has 0 aliphatic heterocycles. The van der Waals surface area contributed by atoms with E-state index in [0.29, 0.717) is 0 Å². The molecule has 2 N–H and O–H groups in total. The maximum atomic E-state index is 5.26. The van der Waals surface area contributed by atoms with Crippen molar-refractivity contribution in [2.45, 2.75) is 26.7 Å². The van der Waals surface area contributed by atoms with Gasteiger partial charge in [-0.3, -0.25) is 0 Å². The minimum absolute atomic E-state index is 1.12. The lowest BCUT2D eigenvalue weighted by Crippen LogP contribution is -2.44. The third-order valence-corrected chi connectivity index (χ3v) is 2.73. The van der Waals surface area contributed by atoms with Crippen LogP contribution in [0.1, 0.15) is 26.7 Å². The highest BCUT2D eigenvalue weighted by atomic mass is 15.3. The summed E-state index contributed by atoms with van der Waals surface area (Å²) in [6.07, 6.45) is 6.04. The summed E-state index contributed by atoms with van der Waals surface area (Å²) in [6, 6.07) is 0. The van der Waals surface area contributed by atoms with E-state index in [0.717, 1.165) is 6.42 Å². The number of quaternary nitrogens is 1. The van der Waals surface area contributed by atoms with Crippen molar-refractivity contribution in [2.24, 2.45) is 5.73 Å². The number of nitrogens with two attached hydrogens (primary N) is 1. The highest BCUT2D eigenvalue weighted by molar-refractivity contribution is 4.74. The van der Waals surface area contributed by atoms with Crippen LogP contribution in [0, 0.1) is 0 Å². The van der Waals surface area contributed by atoms with E-state index in [1.54, 1.807) is 6.20 Å². The molecule has 0 fully saturated rings. The highest BCUT2D eigenvalue weighted by Crippen LogP contribution is 2.04. The molecular formula is C10H23N2+. The molecule has 0 radical (unpaired) electrons. The molecule has 0 saturated heterocycles. The van der Waals surface area contributed by atoms with E-state index in [9.17, 15) is 0 Å². The molecule has 0 heterocycles. The Hall–Kier alpha value is -0.500. The van der Waals surface area contributed by atoms with Crippen LogP contribution in [0.2, 0.25) is 0 Å². The molecule has 0 aromatic rings. The first-order valence-corrected chi connectivity index (χ1v) is 4.89. The lowest BCUT2D eigenvalue weighted by Gasteiger charge is -2.31. The predicted molar refractivity (Wildman–Crippen MR) is 54.7 cm³/mol. The number of hydrogen-bond acceptors (Lipinski definition) is 1. The van der Waals surface area contributed by atoms with Crippen molar-refractivity contribution >= 4 is 0 Å². The fourth-order valence-corrected chi connectivity index (χ4v) is 1.23. The Morgan fingerprint density at radius 3 is 2.25 bits per heavy atom. The van der Waals surface area contributed by atoms with E-state index in [2.05, 4.69) is 20.9 Å². The minimum Gasteiger partial charge on any atom is -0.405 e. The van der Waals surface area contributed by atoms with E-state index in [-0.39, 0.29) is 0 Å². The van der Waals surface area contributed by atoms with Gasteiger partial charge in [-0.05, 0) is 26.5 Å². The van der Waals surface area contributed by atoms with Crippen LogP contribution in [0.15, 0.2) is 12.3 Å². The standard InChI is InChI=1S/C10H23N2/c1-4-12(3,5-2)10-8-6-7-9-11/h7,9H,4-6,8,10-11H2,1-3H3/q+1. The summed E-state index contributed by atoms with van der Waals surface area (Å²) in [5.74, 6) is 0. The average Bonchev–Trinajstić information content (AvgIpc) is 2.12. The number of hydrogen-bond donors (Lipinski definition) is 1. The first-order valence-electron chi connectivity index (χ1n) is 4.89. The second kappa shape index (κ2) is 6.06. The molecule has 0 atom stereocenters. The molecule has 0 bridgehead atoms. The van der Waals surface area contributed by atoms with Crippen LogP contribution in [-0.2, 0) is 0 Å². The summed E-state index contributed by atoms with van der Waals surface area (Å²) in [5, 5.41) is 0. The monoisotopic (exact) mass is 171 g/mol. The summed E-state index contributed by atoms with van der Waals surface area (Å²) < 4.78 is 1.18. The van der Waals surface area contributed by atoms with Gasteiger partial charge in [-0.15, -0.1) is 0 Å². The van der Waals surface area contributed by atoms with Gasteiger partial charge in [0.1, 0.15) is 0 Å². The van der Waals surface area contributed by atoms with E-state index >= 15 is 0 Å². The van der Waals surface area contributed by atoms with Gasteiger partial charge < -0.3 is 10.2 Å². The summed E-state index contributed by atoms with van der Waals surface area (Å²) in [4.78, 5) is 0. The molecule has 2 nitrogen and oxygen atoms in total. The smallest absolute Gasteiger partial charge is 0.0787 e. The summed E-state index contributed by atoms with van der Waals surface area (Å²) >= 11 is 0. The van der Waals surface area contributed by atoms with E-state index < -0.39 is 0 Å². The topological polar surface area (TPSA) is 26.0 Å². The normalized spacial score (nSPS) is 12.6. The Morgan fingerprint density at radius 2 is 1.83 bits per heavy atom. The molecule has 0 spiro atoms. The molecule has 0 saturated carbocycles.